The molecule has 0 N–H and O–H groups in total. The van der Waals surface area contributed by atoms with Gasteiger partial charge in [-0.1, -0.05) is 0 Å². The number of hydrogen-bond acceptors (Lipinski definition) is 4. The van der Waals surface area contributed by atoms with Crippen molar-refractivity contribution in [2.45, 2.75) is 24.9 Å². The minimum absolute atomic E-state index is 0.146. The van der Waals surface area contributed by atoms with Crippen molar-refractivity contribution in [3.63, 3.8) is 0 Å². The predicted molar refractivity (Wildman–Crippen MR) is 76.4 cm³/mol. The Morgan fingerprint density at radius 2 is 2.06 bits per heavy atom. The van der Waals surface area contributed by atoms with Crippen molar-refractivity contribution in [3.05, 3.63) is 0 Å². The van der Waals surface area contributed by atoms with Gasteiger partial charge < -0.3 is 9.47 Å². The summed E-state index contributed by atoms with van der Waals surface area (Å²) in [6.07, 6.45) is 3.48. The molecule has 1 spiro atoms. The molecular weight excluding hydrogens is 331 g/mol. The number of nitrogens with zero attached hydrogens (tertiary/aromatic N) is 2. The predicted octanol–water partition coefficient (Wildman–Crippen LogP) is 1.54. The van der Waals surface area contributed by atoms with Gasteiger partial charge in [-0.05, 0) is 19.3 Å². The normalized spacial score (nSPS) is 26.5. The molecule has 4 nitrogen and oxygen atoms in total. The third-order valence-electron chi connectivity index (χ3n) is 3.77. The van der Waals surface area contributed by atoms with Crippen LogP contribution in [0, 0.1) is 0 Å². The molecule has 2 saturated heterocycles. The molecule has 2 aliphatic heterocycles. The molecule has 0 aliphatic carbocycles. The highest BCUT2D eigenvalue weighted by Crippen LogP contribution is 2.31. The largest absolute Gasteiger partial charge is 0.385 e. The summed E-state index contributed by atoms with van der Waals surface area (Å²) in [4.78, 5) is 2.55. The highest BCUT2D eigenvalue weighted by Gasteiger charge is 2.38. The highest BCUT2D eigenvalue weighted by atomic mass is 127. The maximum atomic E-state index is 6.09. The van der Waals surface area contributed by atoms with E-state index in [1.807, 2.05) is 0 Å². The van der Waals surface area contributed by atoms with Gasteiger partial charge in [0.05, 0.1) is 12.2 Å². The quantitative estimate of drug-likeness (QED) is 0.435. The van der Waals surface area contributed by atoms with Gasteiger partial charge in [0.15, 0.2) is 0 Å². The molecule has 2 rings (SSSR count). The summed E-state index contributed by atoms with van der Waals surface area (Å²) >= 11 is 2.42. The molecule has 100 valence electrons. The van der Waals surface area contributed by atoms with E-state index in [1.54, 1.807) is 7.11 Å². The van der Waals surface area contributed by atoms with Crippen molar-refractivity contribution in [1.82, 2.24) is 8.01 Å². The standard InChI is InChI=1S/C12H23IN2O2/c1-16-9-2-5-14-8-10-17-12(11-14)3-6-15(13)7-4-12/h2-11H2,1H3. The lowest BCUT2D eigenvalue weighted by atomic mass is 9.90. The van der Waals surface area contributed by atoms with Crippen LogP contribution in [0.5, 0.6) is 0 Å². The zero-order valence-electron chi connectivity index (χ0n) is 10.7. The fourth-order valence-electron chi connectivity index (χ4n) is 2.74. The second-order valence-corrected chi connectivity index (χ2v) is 6.43. The molecule has 0 radical (unpaired) electrons. The fraction of sp³-hybridized carbons (Fsp3) is 1.00. The van der Waals surface area contributed by atoms with E-state index in [0.717, 1.165) is 52.4 Å². The maximum Gasteiger partial charge on any atom is 0.0834 e. The van der Waals surface area contributed by atoms with Crippen LogP contribution in [0.25, 0.3) is 0 Å². The molecule has 17 heavy (non-hydrogen) atoms. The van der Waals surface area contributed by atoms with Gasteiger partial charge in [0.1, 0.15) is 0 Å². The first-order chi connectivity index (χ1) is 8.24. The molecule has 0 amide bonds. The molecule has 0 aromatic heterocycles. The summed E-state index contributed by atoms with van der Waals surface area (Å²) in [5.41, 5.74) is 0.146. The average Bonchev–Trinajstić information content (AvgIpc) is 2.34. The first-order valence-electron chi connectivity index (χ1n) is 6.50. The number of morpholine rings is 1. The fourth-order valence-corrected chi connectivity index (χ4v) is 3.22. The van der Waals surface area contributed by atoms with Crippen molar-refractivity contribution in [1.29, 1.82) is 0 Å². The van der Waals surface area contributed by atoms with Crippen molar-refractivity contribution in [2.24, 2.45) is 0 Å². The lowest BCUT2D eigenvalue weighted by molar-refractivity contribution is -0.128. The average molecular weight is 354 g/mol. The SMILES string of the molecule is COCCCN1CCOC2(CCN(I)CC2)C1. The highest BCUT2D eigenvalue weighted by molar-refractivity contribution is 14.1. The van der Waals surface area contributed by atoms with E-state index in [0.29, 0.717) is 0 Å². The van der Waals surface area contributed by atoms with Gasteiger partial charge in [-0.15, -0.1) is 0 Å². The summed E-state index contributed by atoms with van der Waals surface area (Å²) in [5, 5.41) is 0. The van der Waals surface area contributed by atoms with Crippen LogP contribution in [0.4, 0.5) is 0 Å². The van der Waals surface area contributed by atoms with Gasteiger partial charge in [0.2, 0.25) is 0 Å². The Labute approximate surface area is 118 Å². The number of ether oxygens (including phenoxy) is 2. The van der Waals surface area contributed by atoms with Crippen molar-refractivity contribution in [3.8, 4) is 0 Å². The van der Waals surface area contributed by atoms with Crippen LogP contribution < -0.4 is 0 Å². The second-order valence-electron chi connectivity index (χ2n) is 5.06. The van der Waals surface area contributed by atoms with Gasteiger partial charge in [-0.2, -0.15) is 0 Å². The number of methoxy groups -OCH3 is 1. The van der Waals surface area contributed by atoms with Gasteiger partial charge >= 0.3 is 0 Å². The summed E-state index contributed by atoms with van der Waals surface area (Å²) < 4.78 is 13.6. The van der Waals surface area contributed by atoms with Gasteiger partial charge in [0.25, 0.3) is 0 Å². The van der Waals surface area contributed by atoms with E-state index < -0.39 is 0 Å². The van der Waals surface area contributed by atoms with Crippen LogP contribution in [0.2, 0.25) is 0 Å². The van der Waals surface area contributed by atoms with E-state index in [2.05, 4.69) is 30.9 Å². The molecule has 2 heterocycles. The third-order valence-corrected chi connectivity index (χ3v) is 4.74. The number of rotatable bonds is 4. The van der Waals surface area contributed by atoms with E-state index in [9.17, 15) is 0 Å². The number of hydrogen-bond donors (Lipinski definition) is 0. The molecule has 5 heteroatoms. The Hall–Kier alpha value is 0.570. The molecule has 0 atom stereocenters. The van der Waals surface area contributed by atoms with Crippen molar-refractivity contribution >= 4 is 22.9 Å². The smallest absolute Gasteiger partial charge is 0.0834 e. The number of halogens is 1. The first kappa shape index (κ1) is 14.0. The van der Waals surface area contributed by atoms with E-state index in [-0.39, 0.29) is 5.60 Å². The minimum atomic E-state index is 0.146. The molecule has 0 unspecified atom stereocenters. The summed E-state index contributed by atoms with van der Waals surface area (Å²) in [5.74, 6) is 0. The van der Waals surface area contributed by atoms with Crippen LogP contribution in [0.1, 0.15) is 19.3 Å². The zero-order chi connectivity index (χ0) is 12.1. The Morgan fingerprint density at radius 1 is 1.29 bits per heavy atom. The molecule has 0 aromatic rings. The van der Waals surface area contributed by atoms with E-state index >= 15 is 0 Å². The van der Waals surface area contributed by atoms with E-state index in [4.69, 9.17) is 9.47 Å². The Balaban J connectivity index is 1.79. The van der Waals surface area contributed by atoms with Crippen molar-refractivity contribution in [2.75, 3.05) is 53.0 Å². The second kappa shape index (κ2) is 6.65. The lowest BCUT2D eigenvalue weighted by Gasteiger charge is -2.46. The molecule has 2 fully saturated rings. The van der Waals surface area contributed by atoms with Crippen LogP contribution in [0.15, 0.2) is 0 Å². The Kier molecular flexibility index (Phi) is 5.48. The topological polar surface area (TPSA) is 24.9 Å². The maximum absolute atomic E-state index is 6.09. The summed E-state index contributed by atoms with van der Waals surface area (Å²) in [6, 6.07) is 0. The molecule has 0 aromatic carbocycles. The molecular formula is C12H23IN2O2. The first-order valence-corrected chi connectivity index (χ1v) is 7.47. The van der Waals surface area contributed by atoms with Crippen molar-refractivity contribution < 1.29 is 9.47 Å². The summed E-state index contributed by atoms with van der Waals surface area (Å²) in [6.45, 7) is 7.42. The van der Waals surface area contributed by atoms with Gasteiger partial charge in [0, 0.05) is 69.3 Å². The molecule has 0 bridgehead atoms. The molecule has 2 aliphatic rings. The van der Waals surface area contributed by atoms with Crippen LogP contribution >= 0.6 is 22.9 Å². The zero-order valence-corrected chi connectivity index (χ0v) is 12.8. The monoisotopic (exact) mass is 354 g/mol. The third kappa shape index (κ3) is 4.02. The minimum Gasteiger partial charge on any atom is -0.385 e. The van der Waals surface area contributed by atoms with Crippen LogP contribution in [0.3, 0.4) is 0 Å². The Bertz CT molecular complexity index is 233. The van der Waals surface area contributed by atoms with E-state index in [1.165, 1.54) is 12.8 Å². The van der Waals surface area contributed by atoms with Gasteiger partial charge in [-0.25, -0.2) is 3.11 Å². The number of piperidine rings is 1. The molecule has 0 saturated carbocycles. The Morgan fingerprint density at radius 3 is 2.76 bits per heavy atom. The van der Waals surface area contributed by atoms with Gasteiger partial charge in [-0.3, -0.25) is 4.90 Å². The lowest BCUT2D eigenvalue weighted by Crippen LogP contribution is -2.55. The van der Waals surface area contributed by atoms with Crippen LogP contribution in [-0.4, -0.2) is 66.7 Å². The van der Waals surface area contributed by atoms with Crippen LogP contribution in [-0.2, 0) is 9.47 Å². The summed E-state index contributed by atoms with van der Waals surface area (Å²) in [7, 11) is 1.77.